The first-order chi connectivity index (χ1) is 9.58. The van der Waals surface area contributed by atoms with E-state index < -0.39 is 11.0 Å². The van der Waals surface area contributed by atoms with Crippen LogP contribution < -0.4 is 0 Å². The van der Waals surface area contributed by atoms with Crippen molar-refractivity contribution in [3.8, 4) is 0 Å². The SMILES string of the molecule is CC(=O)N(Cc1ccccc1)[S@@](=O)c1ccc(C)cc1. The number of carbonyl (C=O) groups is 1. The Bertz CT molecular complexity index is 608. The van der Waals surface area contributed by atoms with Crippen molar-refractivity contribution in [1.82, 2.24) is 4.31 Å². The van der Waals surface area contributed by atoms with Crippen molar-refractivity contribution in [1.29, 1.82) is 0 Å². The number of rotatable bonds is 4. The highest BCUT2D eigenvalue weighted by molar-refractivity contribution is 7.83. The van der Waals surface area contributed by atoms with E-state index in [0.717, 1.165) is 11.1 Å². The van der Waals surface area contributed by atoms with E-state index in [1.807, 2.05) is 49.4 Å². The van der Waals surface area contributed by atoms with Crippen LogP contribution in [0.2, 0.25) is 0 Å². The van der Waals surface area contributed by atoms with Crippen LogP contribution in [0.4, 0.5) is 0 Å². The lowest BCUT2D eigenvalue weighted by molar-refractivity contribution is -0.124. The zero-order valence-corrected chi connectivity index (χ0v) is 12.4. The van der Waals surface area contributed by atoms with Crippen molar-refractivity contribution in [2.24, 2.45) is 0 Å². The van der Waals surface area contributed by atoms with Crippen LogP contribution >= 0.6 is 0 Å². The molecule has 0 unspecified atom stereocenters. The molecule has 0 N–H and O–H groups in total. The molecule has 0 aliphatic carbocycles. The lowest BCUT2D eigenvalue weighted by Gasteiger charge is -2.20. The van der Waals surface area contributed by atoms with E-state index >= 15 is 0 Å². The Kier molecular flexibility index (Phi) is 4.69. The lowest BCUT2D eigenvalue weighted by Crippen LogP contribution is -2.30. The molecule has 0 radical (unpaired) electrons. The quantitative estimate of drug-likeness (QED) is 0.866. The summed E-state index contributed by atoms with van der Waals surface area (Å²) in [5, 5.41) is 0. The molecule has 0 fully saturated rings. The maximum Gasteiger partial charge on any atom is 0.231 e. The van der Waals surface area contributed by atoms with Gasteiger partial charge in [-0.1, -0.05) is 48.0 Å². The van der Waals surface area contributed by atoms with Gasteiger partial charge in [0.2, 0.25) is 5.91 Å². The molecule has 0 spiro atoms. The van der Waals surface area contributed by atoms with Crippen molar-refractivity contribution in [2.45, 2.75) is 25.3 Å². The first-order valence-corrected chi connectivity index (χ1v) is 7.49. The molecule has 1 amide bonds. The summed E-state index contributed by atoms with van der Waals surface area (Å²) in [5.41, 5.74) is 2.06. The van der Waals surface area contributed by atoms with Gasteiger partial charge >= 0.3 is 0 Å². The maximum atomic E-state index is 12.5. The molecule has 3 nitrogen and oxygen atoms in total. The number of nitrogens with zero attached hydrogens (tertiary/aromatic N) is 1. The molecule has 2 aromatic rings. The summed E-state index contributed by atoms with van der Waals surface area (Å²) in [6.45, 7) is 3.76. The third-order valence-electron chi connectivity index (χ3n) is 2.94. The van der Waals surface area contributed by atoms with Crippen molar-refractivity contribution < 1.29 is 9.00 Å². The molecule has 0 aliphatic rings. The van der Waals surface area contributed by atoms with Gasteiger partial charge in [0.05, 0.1) is 11.4 Å². The van der Waals surface area contributed by atoms with E-state index in [9.17, 15) is 9.00 Å². The predicted molar refractivity (Wildman–Crippen MR) is 80.3 cm³/mol. The summed E-state index contributed by atoms with van der Waals surface area (Å²) in [7, 11) is -1.48. The van der Waals surface area contributed by atoms with Gasteiger partial charge in [0.15, 0.2) is 11.0 Å². The van der Waals surface area contributed by atoms with Gasteiger partial charge in [-0.2, -0.15) is 0 Å². The molecule has 0 heterocycles. The van der Waals surface area contributed by atoms with Gasteiger partial charge in [-0.25, -0.2) is 4.21 Å². The topological polar surface area (TPSA) is 37.4 Å². The van der Waals surface area contributed by atoms with Gasteiger partial charge in [-0.05, 0) is 24.6 Å². The van der Waals surface area contributed by atoms with Gasteiger partial charge in [-0.3, -0.25) is 9.10 Å². The molecule has 0 saturated heterocycles. The summed E-state index contributed by atoms with van der Waals surface area (Å²) in [6.07, 6.45) is 0. The average Bonchev–Trinajstić information content (AvgIpc) is 2.45. The van der Waals surface area contributed by atoms with Gasteiger partial charge in [-0.15, -0.1) is 0 Å². The molecule has 4 heteroatoms. The summed E-state index contributed by atoms with van der Waals surface area (Å²) in [4.78, 5) is 12.4. The second kappa shape index (κ2) is 6.48. The fourth-order valence-corrected chi connectivity index (χ4v) is 2.94. The highest BCUT2D eigenvalue weighted by Crippen LogP contribution is 2.15. The summed E-state index contributed by atoms with van der Waals surface area (Å²) in [5.74, 6) is -0.201. The van der Waals surface area contributed by atoms with E-state index in [1.165, 1.54) is 11.2 Å². The summed E-state index contributed by atoms with van der Waals surface area (Å²) < 4.78 is 13.9. The Morgan fingerprint density at radius 1 is 1.05 bits per heavy atom. The number of benzene rings is 2. The smallest absolute Gasteiger partial charge is 0.231 e. The minimum absolute atomic E-state index is 0.201. The average molecular weight is 287 g/mol. The van der Waals surface area contributed by atoms with Crippen LogP contribution in [0.5, 0.6) is 0 Å². The van der Waals surface area contributed by atoms with Crippen LogP contribution in [0, 0.1) is 6.92 Å². The molecular formula is C16H17NO2S. The Hall–Kier alpha value is -1.94. The molecule has 1 atom stereocenters. The first kappa shape index (κ1) is 14.5. The van der Waals surface area contributed by atoms with Crippen LogP contribution in [-0.4, -0.2) is 14.4 Å². The van der Waals surface area contributed by atoms with Crippen LogP contribution in [0.1, 0.15) is 18.1 Å². The standard InChI is InChI=1S/C16H17NO2S/c1-13-8-10-16(11-9-13)20(19)17(14(2)18)12-15-6-4-3-5-7-15/h3-11H,12H2,1-2H3/t20-/m0/s1. The van der Waals surface area contributed by atoms with Crippen LogP contribution in [0.3, 0.4) is 0 Å². The van der Waals surface area contributed by atoms with Crippen molar-refractivity contribution >= 4 is 16.9 Å². The molecule has 0 bridgehead atoms. The second-order valence-electron chi connectivity index (χ2n) is 4.60. The fourth-order valence-electron chi connectivity index (χ4n) is 1.82. The predicted octanol–water partition coefficient (Wildman–Crippen LogP) is 3.07. The van der Waals surface area contributed by atoms with Crippen LogP contribution in [0.25, 0.3) is 0 Å². The fraction of sp³-hybridized carbons (Fsp3) is 0.188. The normalized spacial score (nSPS) is 11.9. The minimum Gasteiger partial charge on any atom is -0.274 e. The Morgan fingerprint density at radius 2 is 1.65 bits per heavy atom. The third kappa shape index (κ3) is 3.54. The van der Waals surface area contributed by atoms with Gasteiger partial charge in [0.1, 0.15) is 0 Å². The summed E-state index contributed by atoms with van der Waals surface area (Å²) >= 11 is 0. The molecule has 0 aromatic heterocycles. The van der Waals surface area contributed by atoms with E-state index in [2.05, 4.69) is 0 Å². The van der Waals surface area contributed by atoms with E-state index in [4.69, 9.17) is 0 Å². The monoisotopic (exact) mass is 287 g/mol. The summed E-state index contributed by atoms with van der Waals surface area (Å²) in [6, 6.07) is 17.0. The van der Waals surface area contributed by atoms with Crippen molar-refractivity contribution in [3.63, 3.8) is 0 Å². The number of carbonyl (C=O) groups excluding carboxylic acids is 1. The van der Waals surface area contributed by atoms with Crippen LogP contribution in [-0.2, 0) is 22.3 Å². The highest BCUT2D eigenvalue weighted by Gasteiger charge is 2.18. The van der Waals surface area contributed by atoms with Crippen molar-refractivity contribution in [3.05, 3.63) is 65.7 Å². The number of aryl methyl sites for hydroxylation is 1. The zero-order chi connectivity index (χ0) is 14.5. The molecule has 20 heavy (non-hydrogen) atoms. The molecular weight excluding hydrogens is 270 g/mol. The maximum absolute atomic E-state index is 12.5. The minimum atomic E-state index is -1.48. The lowest BCUT2D eigenvalue weighted by atomic mass is 10.2. The van der Waals surface area contributed by atoms with Gasteiger partial charge in [0, 0.05) is 6.92 Å². The molecule has 2 aromatic carbocycles. The first-order valence-electron chi connectivity index (χ1n) is 6.38. The Morgan fingerprint density at radius 3 is 2.20 bits per heavy atom. The van der Waals surface area contributed by atoms with E-state index in [1.54, 1.807) is 12.1 Å². The highest BCUT2D eigenvalue weighted by atomic mass is 32.2. The third-order valence-corrected chi connectivity index (χ3v) is 4.40. The van der Waals surface area contributed by atoms with Crippen molar-refractivity contribution in [2.75, 3.05) is 0 Å². The second-order valence-corrected chi connectivity index (χ2v) is 6.01. The molecule has 0 saturated carbocycles. The molecule has 2 rings (SSSR count). The number of hydrogen-bond acceptors (Lipinski definition) is 2. The molecule has 104 valence electrons. The largest absolute Gasteiger partial charge is 0.274 e. The number of hydrogen-bond donors (Lipinski definition) is 0. The Balaban J connectivity index is 2.22. The molecule has 0 aliphatic heterocycles. The van der Waals surface area contributed by atoms with E-state index in [-0.39, 0.29) is 5.91 Å². The Labute approximate surface area is 121 Å². The zero-order valence-electron chi connectivity index (χ0n) is 11.6. The van der Waals surface area contributed by atoms with Crippen LogP contribution in [0.15, 0.2) is 59.5 Å². The van der Waals surface area contributed by atoms with Gasteiger partial charge in [0.25, 0.3) is 0 Å². The number of amides is 1. The van der Waals surface area contributed by atoms with Gasteiger partial charge < -0.3 is 0 Å². The van der Waals surface area contributed by atoms with E-state index in [0.29, 0.717) is 11.4 Å².